The zero-order chi connectivity index (χ0) is 10.0. The van der Waals surface area contributed by atoms with Crippen LogP contribution in [0, 0.1) is 5.92 Å². The quantitative estimate of drug-likeness (QED) is 0.593. The van der Waals surface area contributed by atoms with Gasteiger partial charge >= 0.3 is 0 Å². The van der Waals surface area contributed by atoms with Crippen LogP contribution in [-0.2, 0) is 4.79 Å². The van der Waals surface area contributed by atoms with Gasteiger partial charge in [0.2, 0.25) is 0 Å². The molecule has 0 radical (unpaired) electrons. The fourth-order valence-corrected chi connectivity index (χ4v) is 1.90. The first-order valence-corrected chi connectivity index (χ1v) is 5.03. The molecule has 1 nitrogen and oxygen atoms in total. The number of rotatable bonds is 2. The second-order valence-electron chi connectivity index (χ2n) is 3.81. The molecular formula is C12H18O. The summed E-state index contributed by atoms with van der Waals surface area (Å²) in [6.07, 6.45) is 4.03. The SMILES string of the molecule is CCC1=CC(=C(C)C)C(=O)[C@H]1CC. The van der Waals surface area contributed by atoms with E-state index in [9.17, 15) is 4.79 Å². The van der Waals surface area contributed by atoms with Crippen LogP contribution in [0.4, 0.5) is 0 Å². The van der Waals surface area contributed by atoms with E-state index in [1.54, 1.807) is 0 Å². The Bertz CT molecular complexity index is 277. The summed E-state index contributed by atoms with van der Waals surface area (Å²) in [5, 5.41) is 0. The first kappa shape index (κ1) is 10.2. The van der Waals surface area contributed by atoms with Crippen molar-refractivity contribution in [3.05, 3.63) is 22.8 Å². The van der Waals surface area contributed by atoms with E-state index < -0.39 is 0 Å². The van der Waals surface area contributed by atoms with Gasteiger partial charge in [0, 0.05) is 11.5 Å². The number of hydrogen-bond acceptors (Lipinski definition) is 1. The maximum atomic E-state index is 11.8. The molecule has 13 heavy (non-hydrogen) atoms. The Morgan fingerprint density at radius 2 is 2.00 bits per heavy atom. The molecule has 1 aliphatic rings. The predicted molar refractivity (Wildman–Crippen MR) is 55.5 cm³/mol. The largest absolute Gasteiger partial charge is 0.294 e. The van der Waals surface area contributed by atoms with Crippen molar-refractivity contribution >= 4 is 5.78 Å². The summed E-state index contributed by atoms with van der Waals surface area (Å²) < 4.78 is 0. The number of allylic oxidation sites excluding steroid dienone is 4. The van der Waals surface area contributed by atoms with Crippen molar-refractivity contribution in [2.75, 3.05) is 0 Å². The minimum absolute atomic E-state index is 0.176. The van der Waals surface area contributed by atoms with E-state index in [0.29, 0.717) is 5.78 Å². The third-order valence-corrected chi connectivity index (χ3v) is 2.71. The van der Waals surface area contributed by atoms with Crippen molar-refractivity contribution in [1.82, 2.24) is 0 Å². The summed E-state index contributed by atoms with van der Waals surface area (Å²) >= 11 is 0. The standard InChI is InChI=1S/C12H18O/c1-5-9-7-11(8(3)4)12(13)10(9)6-2/h7,10H,5-6H2,1-4H3/t10-/m0/s1. The average molecular weight is 178 g/mol. The van der Waals surface area contributed by atoms with Gasteiger partial charge in [0.15, 0.2) is 5.78 Å². The molecule has 0 aliphatic heterocycles. The molecule has 0 spiro atoms. The van der Waals surface area contributed by atoms with Gasteiger partial charge in [-0.2, -0.15) is 0 Å². The van der Waals surface area contributed by atoms with E-state index in [-0.39, 0.29) is 5.92 Å². The third-order valence-electron chi connectivity index (χ3n) is 2.71. The number of carbonyl (C=O) groups is 1. The molecule has 1 heteroatoms. The first-order valence-electron chi connectivity index (χ1n) is 5.03. The summed E-state index contributed by atoms with van der Waals surface area (Å²) in [4.78, 5) is 11.8. The van der Waals surface area contributed by atoms with E-state index in [2.05, 4.69) is 19.9 Å². The topological polar surface area (TPSA) is 17.1 Å². The summed E-state index contributed by atoms with van der Waals surface area (Å²) in [6.45, 7) is 8.22. The van der Waals surface area contributed by atoms with Crippen molar-refractivity contribution in [3.8, 4) is 0 Å². The average Bonchev–Trinajstić information content (AvgIpc) is 2.41. The molecule has 0 fully saturated rings. The second-order valence-corrected chi connectivity index (χ2v) is 3.81. The lowest BCUT2D eigenvalue weighted by molar-refractivity contribution is -0.117. The molecule has 1 aliphatic carbocycles. The number of Topliss-reactive ketones (excluding diaryl/α,β-unsaturated/α-hetero) is 1. The second kappa shape index (κ2) is 3.91. The highest BCUT2D eigenvalue weighted by atomic mass is 16.1. The summed E-state index contributed by atoms with van der Waals surface area (Å²) in [5.74, 6) is 0.509. The highest BCUT2D eigenvalue weighted by Gasteiger charge is 2.28. The van der Waals surface area contributed by atoms with Gasteiger partial charge in [-0.25, -0.2) is 0 Å². The lowest BCUT2D eigenvalue weighted by atomic mass is 9.95. The molecule has 0 heterocycles. The van der Waals surface area contributed by atoms with Crippen LogP contribution in [0.5, 0.6) is 0 Å². The zero-order valence-electron chi connectivity index (χ0n) is 8.98. The molecule has 0 aromatic heterocycles. The summed E-state index contributed by atoms with van der Waals surface area (Å²) in [5.41, 5.74) is 3.40. The minimum atomic E-state index is 0.176. The normalized spacial score (nSPS) is 22.2. The Hall–Kier alpha value is -0.850. The van der Waals surface area contributed by atoms with Gasteiger partial charge in [-0.3, -0.25) is 4.79 Å². The number of carbonyl (C=O) groups excluding carboxylic acids is 1. The van der Waals surface area contributed by atoms with E-state index in [0.717, 1.165) is 24.0 Å². The van der Waals surface area contributed by atoms with E-state index in [1.807, 2.05) is 13.8 Å². The number of ketones is 1. The third kappa shape index (κ3) is 1.74. The molecule has 0 bridgehead atoms. The maximum absolute atomic E-state index is 11.8. The van der Waals surface area contributed by atoms with Crippen LogP contribution in [0.2, 0.25) is 0 Å². The molecule has 1 atom stereocenters. The Kier molecular flexibility index (Phi) is 3.07. The fraction of sp³-hybridized carbons (Fsp3) is 0.583. The van der Waals surface area contributed by atoms with Crippen molar-refractivity contribution in [3.63, 3.8) is 0 Å². The van der Waals surface area contributed by atoms with E-state index in [1.165, 1.54) is 5.57 Å². The first-order chi connectivity index (χ1) is 6.11. The Morgan fingerprint density at radius 3 is 2.31 bits per heavy atom. The zero-order valence-corrected chi connectivity index (χ0v) is 8.98. The smallest absolute Gasteiger partial charge is 0.169 e. The molecule has 0 saturated heterocycles. The van der Waals surface area contributed by atoms with Crippen LogP contribution >= 0.6 is 0 Å². The van der Waals surface area contributed by atoms with Gasteiger partial charge in [-0.05, 0) is 26.7 Å². The van der Waals surface area contributed by atoms with Crippen LogP contribution in [0.3, 0.4) is 0 Å². The van der Waals surface area contributed by atoms with Crippen LogP contribution < -0.4 is 0 Å². The van der Waals surface area contributed by atoms with Gasteiger partial charge in [-0.15, -0.1) is 0 Å². The molecule has 0 unspecified atom stereocenters. The van der Waals surface area contributed by atoms with Crippen molar-refractivity contribution in [2.45, 2.75) is 40.5 Å². The Labute approximate surface area is 80.5 Å². The van der Waals surface area contributed by atoms with Crippen LogP contribution in [0.25, 0.3) is 0 Å². The van der Waals surface area contributed by atoms with Crippen LogP contribution in [0.15, 0.2) is 22.8 Å². The van der Waals surface area contributed by atoms with Crippen molar-refractivity contribution in [2.24, 2.45) is 5.92 Å². The van der Waals surface area contributed by atoms with Gasteiger partial charge in [0.1, 0.15) is 0 Å². The highest BCUT2D eigenvalue weighted by Crippen LogP contribution is 2.32. The summed E-state index contributed by atoms with van der Waals surface area (Å²) in [7, 11) is 0. The molecule has 1 rings (SSSR count). The minimum Gasteiger partial charge on any atom is -0.294 e. The molecular weight excluding hydrogens is 160 g/mol. The van der Waals surface area contributed by atoms with Gasteiger partial charge in [0.05, 0.1) is 0 Å². The number of hydrogen-bond donors (Lipinski definition) is 0. The van der Waals surface area contributed by atoms with Gasteiger partial charge < -0.3 is 0 Å². The predicted octanol–water partition coefficient (Wildman–Crippen LogP) is 3.27. The Morgan fingerprint density at radius 1 is 1.38 bits per heavy atom. The molecule has 0 saturated carbocycles. The molecule has 0 amide bonds. The van der Waals surface area contributed by atoms with Crippen LogP contribution in [0.1, 0.15) is 40.5 Å². The maximum Gasteiger partial charge on any atom is 0.169 e. The monoisotopic (exact) mass is 178 g/mol. The van der Waals surface area contributed by atoms with Crippen molar-refractivity contribution < 1.29 is 4.79 Å². The molecule has 0 N–H and O–H groups in total. The van der Waals surface area contributed by atoms with Gasteiger partial charge in [-0.1, -0.05) is 31.1 Å². The molecule has 0 aromatic carbocycles. The van der Waals surface area contributed by atoms with E-state index >= 15 is 0 Å². The lowest BCUT2D eigenvalue weighted by Crippen LogP contribution is -2.10. The van der Waals surface area contributed by atoms with E-state index in [4.69, 9.17) is 0 Å². The lowest BCUT2D eigenvalue weighted by Gasteiger charge is -2.08. The summed E-state index contributed by atoms with van der Waals surface area (Å²) in [6, 6.07) is 0. The van der Waals surface area contributed by atoms with Gasteiger partial charge in [0.25, 0.3) is 0 Å². The molecule has 0 aromatic rings. The fourth-order valence-electron chi connectivity index (χ4n) is 1.90. The highest BCUT2D eigenvalue weighted by molar-refractivity contribution is 6.05. The molecule has 72 valence electrons. The van der Waals surface area contributed by atoms with Crippen molar-refractivity contribution in [1.29, 1.82) is 0 Å². The Balaban J connectivity index is 3.05. The van der Waals surface area contributed by atoms with Crippen LogP contribution in [-0.4, -0.2) is 5.78 Å².